The zero-order valence-corrected chi connectivity index (χ0v) is 10.4. The summed E-state index contributed by atoms with van der Waals surface area (Å²) in [5, 5.41) is 11.6. The molecule has 0 saturated heterocycles. The number of carbonyl (C=O) groups is 1. The monoisotopic (exact) mass is 261 g/mol. The van der Waals surface area contributed by atoms with Crippen LogP contribution < -0.4 is 5.43 Å². The molecule has 1 aliphatic heterocycles. The first-order valence-corrected chi connectivity index (χ1v) is 6.40. The summed E-state index contributed by atoms with van der Waals surface area (Å²) in [5.41, 5.74) is 3.47. The second-order valence-electron chi connectivity index (χ2n) is 3.99. The van der Waals surface area contributed by atoms with Crippen molar-refractivity contribution in [1.29, 1.82) is 0 Å². The number of hydrogen-bond donors (Lipinski definition) is 1. The molecular formula is C11H11N5OS. The van der Waals surface area contributed by atoms with Crippen LogP contribution in [0.4, 0.5) is 0 Å². The fraction of sp³-hybridized carbons (Fsp3) is 0.273. The van der Waals surface area contributed by atoms with Crippen LogP contribution in [-0.2, 0) is 11.3 Å². The minimum Gasteiger partial charge on any atom is -0.315 e. The van der Waals surface area contributed by atoms with Crippen molar-refractivity contribution in [2.75, 3.05) is 0 Å². The van der Waals surface area contributed by atoms with Gasteiger partial charge in [-0.15, -0.1) is 21.5 Å². The van der Waals surface area contributed by atoms with Gasteiger partial charge in [-0.05, 0) is 12.1 Å². The minimum absolute atomic E-state index is 0.0139. The maximum atomic E-state index is 11.0. The molecule has 1 N–H and O–H groups in total. The Labute approximate surface area is 107 Å². The molecule has 0 radical (unpaired) electrons. The second kappa shape index (κ2) is 4.69. The van der Waals surface area contributed by atoms with E-state index >= 15 is 0 Å². The van der Waals surface area contributed by atoms with E-state index in [1.54, 1.807) is 24.0 Å². The Morgan fingerprint density at radius 3 is 2.83 bits per heavy atom. The molecule has 0 fully saturated rings. The summed E-state index contributed by atoms with van der Waals surface area (Å²) >= 11 is 1.68. The highest BCUT2D eigenvalue weighted by Crippen LogP contribution is 2.21. The summed E-state index contributed by atoms with van der Waals surface area (Å²) in [6.07, 6.45) is 4.60. The van der Waals surface area contributed by atoms with E-state index in [1.807, 2.05) is 10.6 Å². The molecule has 2 aromatic heterocycles. The van der Waals surface area contributed by atoms with Crippen LogP contribution >= 0.6 is 11.3 Å². The molecule has 92 valence electrons. The smallest absolute Gasteiger partial charge is 0.240 e. The van der Waals surface area contributed by atoms with E-state index in [0.29, 0.717) is 12.8 Å². The lowest BCUT2D eigenvalue weighted by Gasteiger charge is -2.09. The van der Waals surface area contributed by atoms with E-state index in [9.17, 15) is 4.79 Å². The molecule has 3 rings (SSSR count). The van der Waals surface area contributed by atoms with Crippen molar-refractivity contribution in [3.63, 3.8) is 0 Å². The van der Waals surface area contributed by atoms with Crippen LogP contribution in [0.3, 0.4) is 0 Å². The van der Waals surface area contributed by atoms with Crippen LogP contribution in [-0.4, -0.2) is 26.4 Å². The number of amides is 1. The first-order chi connectivity index (χ1) is 8.81. The molecule has 0 bridgehead atoms. The van der Waals surface area contributed by atoms with E-state index in [-0.39, 0.29) is 5.91 Å². The molecule has 3 heterocycles. The average molecular weight is 261 g/mol. The average Bonchev–Trinajstić information content (AvgIpc) is 3.02. The number of nitrogens with one attached hydrogen (secondary N) is 1. The van der Waals surface area contributed by atoms with Gasteiger partial charge in [-0.1, -0.05) is 0 Å². The highest BCUT2D eigenvalue weighted by atomic mass is 32.1. The fourth-order valence-corrected chi connectivity index (χ4v) is 2.79. The van der Waals surface area contributed by atoms with Crippen molar-refractivity contribution in [2.24, 2.45) is 5.10 Å². The summed E-state index contributed by atoms with van der Waals surface area (Å²) < 4.78 is 1.92. The Morgan fingerprint density at radius 1 is 1.28 bits per heavy atom. The van der Waals surface area contributed by atoms with Crippen LogP contribution in [0.15, 0.2) is 29.9 Å². The van der Waals surface area contributed by atoms with Gasteiger partial charge in [-0.25, -0.2) is 5.43 Å². The van der Waals surface area contributed by atoms with E-state index in [4.69, 9.17) is 0 Å². The molecule has 6 nitrogen and oxygen atoms in total. The Morgan fingerprint density at radius 2 is 2.11 bits per heavy atom. The molecule has 0 aromatic carbocycles. The lowest BCUT2D eigenvalue weighted by molar-refractivity contribution is -0.121. The zero-order chi connectivity index (χ0) is 12.4. The van der Waals surface area contributed by atoms with Gasteiger partial charge in [0.05, 0.1) is 17.1 Å². The molecular weight excluding hydrogens is 250 g/mol. The predicted octanol–water partition coefficient (Wildman–Crippen LogP) is 1.00. The van der Waals surface area contributed by atoms with Crippen molar-refractivity contribution < 1.29 is 4.79 Å². The standard InChI is InChI=1S/C11H11N5OS/c17-11-4-2-9(14-15-11)10-3-1-8(18-10)5-16-6-12-13-7-16/h1,3,6-7H,2,4-5H2,(H,15,17). The van der Waals surface area contributed by atoms with E-state index in [2.05, 4.69) is 26.8 Å². The first kappa shape index (κ1) is 11.1. The highest BCUT2D eigenvalue weighted by Gasteiger charge is 2.14. The molecule has 1 amide bonds. The minimum atomic E-state index is -0.0139. The number of thiophene rings is 1. The van der Waals surface area contributed by atoms with Crippen molar-refractivity contribution in [1.82, 2.24) is 20.2 Å². The second-order valence-corrected chi connectivity index (χ2v) is 5.16. The summed E-state index contributed by atoms with van der Waals surface area (Å²) in [4.78, 5) is 13.3. The maximum absolute atomic E-state index is 11.0. The molecule has 0 aliphatic carbocycles. The van der Waals surface area contributed by atoms with Gasteiger partial charge in [0, 0.05) is 17.7 Å². The van der Waals surface area contributed by atoms with Crippen LogP contribution in [0.1, 0.15) is 22.6 Å². The zero-order valence-electron chi connectivity index (χ0n) is 9.54. The molecule has 1 aliphatic rings. The molecule has 0 unspecified atom stereocenters. The third kappa shape index (κ3) is 2.30. The molecule has 0 saturated carbocycles. The summed E-state index contributed by atoms with van der Waals surface area (Å²) in [6, 6.07) is 4.11. The summed E-state index contributed by atoms with van der Waals surface area (Å²) in [5.74, 6) is -0.0139. The Bertz CT molecular complexity index is 586. The first-order valence-electron chi connectivity index (χ1n) is 5.58. The topological polar surface area (TPSA) is 72.2 Å². The van der Waals surface area contributed by atoms with Gasteiger partial charge in [-0.2, -0.15) is 5.10 Å². The Balaban J connectivity index is 1.75. The molecule has 18 heavy (non-hydrogen) atoms. The van der Waals surface area contributed by atoms with E-state index in [1.165, 1.54) is 4.88 Å². The van der Waals surface area contributed by atoms with Gasteiger partial charge in [0.1, 0.15) is 12.7 Å². The number of hydrogen-bond acceptors (Lipinski definition) is 5. The molecule has 0 atom stereocenters. The quantitative estimate of drug-likeness (QED) is 0.896. The van der Waals surface area contributed by atoms with Crippen LogP contribution in [0.25, 0.3) is 0 Å². The van der Waals surface area contributed by atoms with Gasteiger partial charge in [0.2, 0.25) is 5.91 Å². The number of hydrazone groups is 1. The van der Waals surface area contributed by atoms with Gasteiger partial charge < -0.3 is 4.57 Å². The highest BCUT2D eigenvalue weighted by molar-refractivity contribution is 7.14. The van der Waals surface area contributed by atoms with Crippen molar-refractivity contribution in [2.45, 2.75) is 19.4 Å². The lowest BCUT2D eigenvalue weighted by Crippen LogP contribution is -2.25. The summed E-state index contributed by atoms with van der Waals surface area (Å²) in [7, 11) is 0. The van der Waals surface area contributed by atoms with Gasteiger partial charge in [0.25, 0.3) is 0 Å². The van der Waals surface area contributed by atoms with Crippen LogP contribution in [0.5, 0.6) is 0 Å². The number of carbonyl (C=O) groups excluding carboxylic acids is 1. The van der Waals surface area contributed by atoms with Crippen molar-refractivity contribution in [3.05, 3.63) is 34.5 Å². The van der Waals surface area contributed by atoms with Crippen LogP contribution in [0.2, 0.25) is 0 Å². The van der Waals surface area contributed by atoms with Crippen LogP contribution in [0, 0.1) is 0 Å². The third-order valence-electron chi connectivity index (χ3n) is 2.66. The van der Waals surface area contributed by atoms with Crippen molar-refractivity contribution >= 4 is 23.0 Å². The maximum Gasteiger partial charge on any atom is 0.240 e. The molecule has 7 heteroatoms. The number of nitrogens with zero attached hydrogens (tertiary/aromatic N) is 4. The predicted molar refractivity (Wildman–Crippen MR) is 67.4 cm³/mol. The number of rotatable bonds is 3. The Hall–Kier alpha value is -2.02. The molecule has 0 spiro atoms. The molecule has 2 aromatic rings. The Kier molecular flexibility index (Phi) is 2.89. The van der Waals surface area contributed by atoms with Gasteiger partial charge in [-0.3, -0.25) is 4.79 Å². The van der Waals surface area contributed by atoms with E-state index in [0.717, 1.165) is 17.1 Å². The normalized spacial score (nSPS) is 15.3. The van der Waals surface area contributed by atoms with Gasteiger partial charge in [0.15, 0.2) is 0 Å². The largest absolute Gasteiger partial charge is 0.315 e. The number of aromatic nitrogens is 3. The van der Waals surface area contributed by atoms with E-state index < -0.39 is 0 Å². The SMILES string of the molecule is O=C1CCC(c2ccc(Cn3cnnc3)s2)=NN1. The lowest BCUT2D eigenvalue weighted by atomic mass is 10.1. The fourth-order valence-electron chi connectivity index (χ4n) is 1.75. The third-order valence-corrected chi connectivity index (χ3v) is 3.77. The van der Waals surface area contributed by atoms with Crippen molar-refractivity contribution in [3.8, 4) is 0 Å². The summed E-state index contributed by atoms with van der Waals surface area (Å²) in [6.45, 7) is 0.761. The van der Waals surface area contributed by atoms with Gasteiger partial charge >= 0.3 is 0 Å².